The van der Waals surface area contributed by atoms with Crippen molar-refractivity contribution >= 4 is 17.2 Å². The van der Waals surface area contributed by atoms with Gasteiger partial charge < -0.3 is 10.6 Å². The summed E-state index contributed by atoms with van der Waals surface area (Å²) in [5.74, 6) is -0.310. The van der Waals surface area contributed by atoms with Crippen LogP contribution in [0.1, 0.15) is 41.0 Å². The third kappa shape index (κ3) is 3.08. The van der Waals surface area contributed by atoms with E-state index in [0.29, 0.717) is 17.0 Å². The van der Waals surface area contributed by atoms with Gasteiger partial charge in [0.2, 0.25) is 0 Å². The van der Waals surface area contributed by atoms with E-state index < -0.39 is 0 Å². The van der Waals surface area contributed by atoms with Gasteiger partial charge in [-0.2, -0.15) is 0 Å². The molecule has 4 nitrogen and oxygen atoms in total. The average Bonchev–Trinajstić information content (AvgIpc) is 3.10. The quantitative estimate of drug-likeness (QED) is 0.898. The standard InChI is InChI=1S/C18H20FN3OS/c1-10-16(24-18(20-10)11-2-4-12(19)5-3-11)17(23)22-15-8-13-6-7-14(9-15)21-13/h2-5,13-15,21H,6-9H2,1H3,(H,22,23). The molecule has 2 unspecified atom stereocenters. The van der Waals surface area contributed by atoms with Gasteiger partial charge in [0, 0.05) is 23.7 Å². The summed E-state index contributed by atoms with van der Waals surface area (Å²) in [6, 6.07) is 7.55. The Morgan fingerprint density at radius 2 is 1.92 bits per heavy atom. The summed E-state index contributed by atoms with van der Waals surface area (Å²) >= 11 is 1.37. The van der Waals surface area contributed by atoms with E-state index in [1.165, 1.54) is 36.3 Å². The van der Waals surface area contributed by atoms with Gasteiger partial charge in [0.15, 0.2) is 0 Å². The predicted molar refractivity (Wildman–Crippen MR) is 92.7 cm³/mol. The molecule has 2 aliphatic rings. The normalized spacial score (nSPS) is 25.7. The van der Waals surface area contributed by atoms with Gasteiger partial charge in [-0.3, -0.25) is 4.79 Å². The Labute approximate surface area is 144 Å². The van der Waals surface area contributed by atoms with Crippen LogP contribution in [0.5, 0.6) is 0 Å². The Hall–Kier alpha value is -1.79. The summed E-state index contributed by atoms with van der Waals surface area (Å²) in [5, 5.41) is 7.52. The molecule has 1 aromatic heterocycles. The number of hydrogen-bond donors (Lipinski definition) is 2. The number of piperidine rings is 1. The Morgan fingerprint density at radius 1 is 1.25 bits per heavy atom. The zero-order chi connectivity index (χ0) is 16.7. The summed E-state index contributed by atoms with van der Waals surface area (Å²) in [5.41, 5.74) is 1.57. The third-order valence-corrected chi connectivity index (χ3v) is 6.11. The zero-order valence-corrected chi connectivity index (χ0v) is 14.3. The van der Waals surface area contributed by atoms with Gasteiger partial charge in [-0.15, -0.1) is 11.3 Å². The van der Waals surface area contributed by atoms with Gasteiger partial charge in [-0.05, 0) is 56.9 Å². The monoisotopic (exact) mass is 345 g/mol. The van der Waals surface area contributed by atoms with E-state index in [-0.39, 0.29) is 17.8 Å². The van der Waals surface area contributed by atoms with Crippen LogP contribution in [0.3, 0.4) is 0 Å². The van der Waals surface area contributed by atoms with Crippen LogP contribution < -0.4 is 10.6 Å². The molecule has 0 saturated carbocycles. The van der Waals surface area contributed by atoms with Crippen LogP contribution >= 0.6 is 11.3 Å². The van der Waals surface area contributed by atoms with Gasteiger partial charge in [0.25, 0.3) is 5.91 Å². The summed E-state index contributed by atoms with van der Waals surface area (Å²) in [7, 11) is 0. The molecule has 1 amide bonds. The smallest absolute Gasteiger partial charge is 0.263 e. The number of carbonyl (C=O) groups is 1. The average molecular weight is 345 g/mol. The molecule has 1 aromatic carbocycles. The largest absolute Gasteiger partial charge is 0.348 e. The number of carbonyl (C=O) groups excluding carboxylic acids is 1. The Balaban J connectivity index is 1.49. The van der Waals surface area contributed by atoms with Gasteiger partial charge in [0.05, 0.1) is 5.69 Å². The lowest BCUT2D eigenvalue weighted by atomic mass is 10.00. The first-order valence-electron chi connectivity index (χ1n) is 8.39. The van der Waals surface area contributed by atoms with Gasteiger partial charge >= 0.3 is 0 Å². The van der Waals surface area contributed by atoms with E-state index in [9.17, 15) is 9.18 Å². The second kappa shape index (κ2) is 6.26. The van der Waals surface area contributed by atoms with Gasteiger partial charge in [0.1, 0.15) is 15.7 Å². The van der Waals surface area contributed by atoms with Crippen molar-refractivity contribution in [2.24, 2.45) is 0 Å². The molecular weight excluding hydrogens is 325 g/mol. The minimum Gasteiger partial charge on any atom is -0.348 e. The maximum absolute atomic E-state index is 13.1. The highest BCUT2D eigenvalue weighted by molar-refractivity contribution is 7.17. The van der Waals surface area contributed by atoms with E-state index in [0.717, 1.165) is 29.1 Å². The van der Waals surface area contributed by atoms with Crippen LogP contribution in [-0.4, -0.2) is 29.0 Å². The van der Waals surface area contributed by atoms with E-state index in [1.807, 2.05) is 6.92 Å². The molecule has 0 aliphatic carbocycles. The highest BCUT2D eigenvalue weighted by Crippen LogP contribution is 2.30. The molecule has 2 aliphatic heterocycles. The van der Waals surface area contributed by atoms with Crippen molar-refractivity contribution in [3.63, 3.8) is 0 Å². The van der Waals surface area contributed by atoms with E-state index in [2.05, 4.69) is 15.6 Å². The maximum atomic E-state index is 13.1. The Kier molecular flexibility index (Phi) is 4.10. The number of rotatable bonds is 3. The fraction of sp³-hybridized carbons (Fsp3) is 0.444. The number of aryl methyl sites for hydroxylation is 1. The number of benzene rings is 1. The highest BCUT2D eigenvalue weighted by Gasteiger charge is 2.34. The molecule has 24 heavy (non-hydrogen) atoms. The van der Waals surface area contributed by atoms with Crippen molar-refractivity contribution in [3.05, 3.63) is 40.7 Å². The van der Waals surface area contributed by atoms with E-state index in [4.69, 9.17) is 0 Å². The van der Waals surface area contributed by atoms with Crippen molar-refractivity contribution in [1.29, 1.82) is 0 Å². The lowest BCUT2D eigenvalue weighted by Gasteiger charge is -2.29. The number of thiazole rings is 1. The number of halogens is 1. The minimum absolute atomic E-state index is 0.0374. The van der Waals surface area contributed by atoms with Crippen LogP contribution in [0.15, 0.2) is 24.3 Å². The van der Waals surface area contributed by atoms with E-state index in [1.54, 1.807) is 12.1 Å². The second-order valence-electron chi connectivity index (χ2n) is 6.72. The number of amides is 1. The summed E-state index contributed by atoms with van der Waals surface area (Å²) in [4.78, 5) is 17.8. The summed E-state index contributed by atoms with van der Waals surface area (Å²) in [6.45, 7) is 1.85. The number of fused-ring (bicyclic) bond motifs is 2. The van der Waals surface area contributed by atoms with Gasteiger partial charge in [-0.25, -0.2) is 9.37 Å². The van der Waals surface area contributed by atoms with Crippen LogP contribution in [0.25, 0.3) is 10.6 Å². The van der Waals surface area contributed by atoms with Crippen LogP contribution in [0.2, 0.25) is 0 Å². The first-order chi connectivity index (χ1) is 11.6. The van der Waals surface area contributed by atoms with Crippen molar-refractivity contribution in [1.82, 2.24) is 15.6 Å². The van der Waals surface area contributed by atoms with Crippen molar-refractivity contribution in [3.8, 4) is 10.6 Å². The first kappa shape index (κ1) is 15.7. The lowest BCUT2D eigenvalue weighted by Crippen LogP contribution is -2.48. The van der Waals surface area contributed by atoms with Crippen LogP contribution in [0, 0.1) is 12.7 Å². The molecule has 2 atom stereocenters. The molecule has 2 fully saturated rings. The maximum Gasteiger partial charge on any atom is 0.263 e. The number of aromatic nitrogens is 1. The molecule has 0 radical (unpaired) electrons. The Morgan fingerprint density at radius 3 is 2.58 bits per heavy atom. The number of hydrogen-bond acceptors (Lipinski definition) is 4. The number of nitrogens with one attached hydrogen (secondary N) is 2. The molecular formula is C18H20FN3OS. The van der Waals surface area contributed by atoms with Gasteiger partial charge in [-0.1, -0.05) is 0 Å². The first-order valence-corrected chi connectivity index (χ1v) is 9.20. The fourth-order valence-corrected chi connectivity index (χ4v) is 4.72. The minimum atomic E-state index is -0.273. The van der Waals surface area contributed by atoms with Crippen molar-refractivity contribution in [2.45, 2.75) is 50.7 Å². The topological polar surface area (TPSA) is 54.0 Å². The van der Waals surface area contributed by atoms with Crippen LogP contribution in [0.4, 0.5) is 4.39 Å². The van der Waals surface area contributed by atoms with E-state index >= 15 is 0 Å². The number of nitrogens with zero attached hydrogens (tertiary/aromatic N) is 1. The zero-order valence-electron chi connectivity index (χ0n) is 13.5. The molecule has 126 valence electrons. The summed E-state index contributed by atoms with van der Waals surface area (Å²) in [6.07, 6.45) is 4.44. The molecule has 3 heterocycles. The SMILES string of the molecule is Cc1nc(-c2ccc(F)cc2)sc1C(=O)NC1CC2CCC(C1)N2. The Bertz CT molecular complexity index is 746. The van der Waals surface area contributed by atoms with Crippen LogP contribution in [-0.2, 0) is 0 Å². The molecule has 2 saturated heterocycles. The molecule has 2 bridgehead atoms. The molecule has 2 N–H and O–H groups in total. The second-order valence-corrected chi connectivity index (χ2v) is 7.72. The lowest BCUT2D eigenvalue weighted by molar-refractivity contribution is 0.0927. The molecule has 0 spiro atoms. The van der Waals surface area contributed by atoms with Crippen molar-refractivity contribution < 1.29 is 9.18 Å². The molecule has 4 rings (SSSR count). The third-order valence-electron chi connectivity index (χ3n) is 4.90. The molecule has 2 aromatic rings. The van der Waals surface area contributed by atoms with Crippen molar-refractivity contribution in [2.75, 3.05) is 0 Å². The predicted octanol–water partition coefficient (Wildman–Crippen LogP) is 3.27. The summed E-state index contributed by atoms with van der Waals surface area (Å²) < 4.78 is 13.1. The highest BCUT2D eigenvalue weighted by atomic mass is 32.1. The molecule has 6 heteroatoms. The fourth-order valence-electron chi connectivity index (χ4n) is 3.75.